The van der Waals surface area contributed by atoms with E-state index < -0.39 is 0 Å². The first-order chi connectivity index (χ1) is 18.6. The summed E-state index contributed by atoms with van der Waals surface area (Å²) in [7, 11) is 0. The van der Waals surface area contributed by atoms with Crippen LogP contribution in [-0.2, 0) is 0 Å². The van der Waals surface area contributed by atoms with E-state index in [9.17, 15) is 0 Å². The number of para-hydroxylation sites is 3. The van der Waals surface area contributed by atoms with Crippen molar-refractivity contribution in [3.63, 3.8) is 0 Å². The number of amidine groups is 2. The Labute approximate surface area is 220 Å². The smallest absolute Gasteiger partial charge is 0.179 e. The molecule has 1 N–H and O–H groups in total. The lowest BCUT2D eigenvalue weighted by atomic mass is 9.97. The van der Waals surface area contributed by atoms with Gasteiger partial charge in [-0.05, 0) is 80.4 Å². The molecule has 0 saturated heterocycles. The molecule has 0 bridgehead atoms. The summed E-state index contributed by atoms with van der Waals surface area (Å²) in [5.41, 5.74) is 8.11. The second kappa shape index (κ2) is 8.59. The van der Waals surface area contributed by atoms with Crippen LogP contribution in [0.4, 0.5) is 22.9 Å². The van der Waals surface area contributed by atoms with Crippen molar-refractivity contribution in [3.05, 3.63) is 119 Å². The quantitative estimate of drug-likeness (QED) is 0.286. The number of nitrogens with zero attached hydrogens (tertiary/aromatic N) is 5. The first kappa shape index (κ1) is 22.3. The maximum atomic E-state index is 6.05. The molecule has 4 heterocycles. The minimum atomic E-state index is -0.266. The zero-order chi connectivity index (χ0) is 25.8. The molecule has 7 heteroatoms. The number of nitrogens with one attached hydrogen (secondary N) is 1. The van der Waals surface area contributed by atoms with Crippen LogP contribution in [0, 0.1) is 20.8 Å². The summed E-state index contributed by atoms with van der Waals surface area (Å²) in [6.45, 7) is 6.26. The van der Waals surface area contributed by atoms with Crippen molar-refractivity contribution >= 4 is 34.6 Å². The molecule has 7 rings (SSSR count). The minimum absolute atomic E-state index is 0.266. The largest absolute Gasteiger partial charge is 0.467 e. The number of benzene rings is 3. The lowest BCUT2D eigenvalue weighted by Gasteiger charge is -2.39. The molecule has 0 unspecified atom stereocenters. The van der Waals surface area contributed by atoms with E-state index in [0.717, 1.165) is 45.6 Å². The van der Waals surface area contributed by atoms with Crippen LogP contribution in [0.25, 0.3) is 5.69 Å². The summed E-state index contributed by atoms with van der Waals surface area (Å²) < 4.78 is 7.97. The van der Waals surface area contributed by atoms with Gasteiger partial charge in [0.25, 0.3) is 0 Å². The summed E-state index contributed by atoms with van der Waals surface area (Å²) in [4.78, 5) is 12.5. The molecular weight excluding hydrogens is 472 g/mol. The number of aliphatic imine (C=N–C) groups is 2. The van der Waals surface area contributed by atoms with Crippen molar-refractivity contribution in [1.29, 1.82) is 0 Å². The third-order valence-electron chi connectivity index (χ3n) is 7.22. The van der Waals surface area contributed by atoms with Gasteiger partial charge in [-0.2, -0.15) is 5.10 Å². The van der Waals surface area contributed by atoms with Gasteiger partial charge < -0.3 is 14.6 Å². The van der Waals surface area contributed by atoms with Crippen molar-refractivity contribution in [2.45, 2.75) is 26.8 Å². The fraction of sp³-hybridized carbons (Fsp3) is 0.129. The molecule has 0 saturated carbocycles. The highest BCUT2D eigenvalue weighted by Crippen LogP contribution is 2.48. The normalized spacial score (nSPS) is 15.8. The molecule has 1 atom stereocenters. The molecule has 2 aromatic heterocycles. The van der Waals surface area contributed by atoms with Gasteiger partial charge >= 0.3 is 0 Å². The second-order valence-corrected chi connectivity index (χ2v) is 9.67. The van der Waals surface area contributed by atoms with Gasteiger partial charge in [0.15, 0.2) is 17.5 Å². The molecule has 7 nitrogen and oxygen atoms in total. The van der Waals surface area contributed by atoms with Gasteiger partial charge in [0.1, 0.15) is 11.8 Å². The van der Waals surface area contributed by atoms with Crippen molar-refractivity contribution < 1.29 is 4.42 Å². The average molecular weight is 499 g/mol. The molecule has 186 valence electrons. The topological polar surface area (TPSA) is 71.0 Å². The molecule has 0 amide bonds. The standard InChI is InChI=1S/C31H26N6O/c1-19-15-16-22(18-20(19)2)32-29-31-34-30-27(21(3)35-37(30)23-10-5-4-6-11-23)28(26-14-9-17-38-26)36(31)25-13-8-7-12-24(25)33-29/h4-18,28H,1-3H3,(H,32,33)/t28-/m0/s1. The molecule has 5 aromatic rings. The van der Waals surface area contributed by atoms with Crippen LogP contribution in [0.5, 0.6) is 0 Å². The zero-order valence-electron chi connectivity index (χ0n) is 21.4. The lowest BCUT2D eigenvalue weighted by Crippen LogP contribution is -2.46. The van der Waals surface area contributed by atoms with Gasteiger partial charge in [0.2, 0.25) is 0 Å². The maximum absolute atomic E-state index is 6.05. The third-order valence-corrected chi connectivity index (χ3v) is 7.22. The molecule has 2 aliphatic heterocycles. The van der Waals surface area contributed by atoms with Gasteiger partial charge in [-0.15, -0.1) is 0 Å². The Morgan fingerprint density at radius 1 is 0.816 bits per heavy atom. The van der Waals surface area contributed by atoms with E-state index in [0.29, 0.717) is 11.7 Å². The summed E-state index contributed by atoms with van der Waals surface area (Å²) >= 11 is 0. The Bertz CT molecular complexity index is 1730. The van der Waals surface area contributed by atoms with Crippen LogP contribution in [0.2, 0.25) is 0 Å². The van der Waals surface area contributed by atoms with Crippen LogP contribution < -0.4 is 10.2 Å². The number of hydrogen-bond acceptors (Lipinski definition) is 6. The SMILES string of the molecule is Cc1ccc(NC2=Nc3ccccc3N3C2=Nc2c(c(C)nn2-c2ccccc2)[C@@H]3c2ccco2)cc1C. The fourth-order valence-electron chi connectivity index (χ4n) is 5.22. The van der Waals surface area contributed by atoms with E-state index in [1.54, 1.807) is 6.26 Å². The molecule has 0 radical (unpaired) electrons. The molecule has 2 aliphatic rings. The predicted octanol–water partition coefficient (Wildman–Crippen LogP) is 7.19. The Balaban J connectivity index is 1.48. The van der Waals surface area contributed by atoms with Crippen LogP contribution in [0.3, 0.4) is 0 Å². The zero-order valence-corrected chi connectivity index (χ0v) is 21.4. The summed E-state index contributed by atoms with van der Waals surface area (Å²) in [5, 5.41) is 8.52. The number of aromatic nitrogens is 2. The van der Waals surface area contributed by atoms with Crippen molar-refractivity contribution in [2.24, 2.45) is 9.98 Å². The van der Waals surface area contributed by atoms with Crippen molar-refractivity contribution in [2.75, 3.05) is 10.2 Å². The third kappa shape index (κ3) is 3.47. The lowest BCUT2D eigenvalue weighted by molar-refractivity contribution is 0.487. The van der Waals surface area contributed by atoms with Crippen LogP contribution in [0.15, 0.2) is 106 Å². The van der Waals surface area contributed by atoms with Gasteiger partial charge in [-0.3, -0.25) is 0 Å². The first-order valence-electron chi connectivity index (χ1n) is 12.7. The molecular formula is C31H26N6O. The number of furan rings is 1. The molecule has 0 fully saturated rings. The molecule has 38 heavy (non-hydrogen) atoms. The van der Waals surface area contributed by atoms with Crippen LogP contribution in [0.1, 0.15) is 34.2 Å². The molecule has 0 aliphatic carbocycles. The van der Waals surface area contributed by atoms with Gasteiger partial charge in [0.05, 0.1) is 34.6 Å². The number of hydrogen-bond donors (Lipinski definition) is 1. The highest BCUT2D eigenvalue weighted by atomic mass is 16.3. The van der Waals surface area contributed by atoms with Gasteiger partial charge in [-0.1, -0.05) is 36.4 Å². The Morgan fingerprint density at radius 2 is 1.63 bits per heavy atom. The summed E-state index contributed by atoms with van der Waals surface area (Å²) in [6, 6.07) is 28.3. The average Bonchev–Trinajstić information content (AvgIpc) is 3.59. The number of fused-ring (bicyclic) bond motifs is 4. The summed E-state index contributed by atoms with van der Waals surface area (Å²) in [5.74, 6) is 2.98. The van der Waals surface area contributed by atoms with Crippen molar-refractivity contribution in [3.8, 4) is 5.69 Å². The monoisotopic (exact) mass is 498 g/mol. The van der Waals surface area contributed by atoms with E-state index in [2.05, 4.69) is 48.3 Å². The minimum Gasteiger partial charge on any atom is -0.467 e. The predicted molar refractivity (Wildman–Crippen MR) is 152 cm³/mol. The number of rotatable bonds is 3. The van der Waals surface area contributed by atoms with Crippen LogP contribution in [-0.4, -0.2) is 21.5 Å². The van der Waals surface area contributed by atoms with E-state index in [1.165, 1.54) is 11.1 Å². The van der Waals surface area contributed by atoms with Crippen molar-refractivity contribution in [1.82, 2.24) is 9.78 Å². The molecule has 0 spiro atoms. The highest BCUT2D eigenvalue weighted by molar-refractivity contribution is 6.51. The number of aryl methyl sites for hydroxylation is 3. The Kier molecular flexibility index (Phi) is 5.04. The second-order valence-electron chi connectivity index (χ2n) is 9.67. The van der Waals surface area contributed by atoms with Gasteiger partial charge in [0, 0.05) is 5.69 Å². The van der Waals surface area contributed by atoms with E-state index in [1.807, 2.05) is 72.3 Å². The van der Waals surface area contributed by atoms with E-state index in [-0.39, 0.29) is 6.04 Å². The fourth-order valence-corrected chi connectivity index (χ4v) is 5.22. The van der Waals surface area contributed by atoms with Crippen LogP contribution >= 0.6 is 0 Å². The number of anilines is 2. The maximum Gasteiger partial charge on any atom is 0.179 e. The summed E-state index contributed by atoms with van der Waals surface area (Å²) in [6.07, 6.45) is 1.72. The highest BCUT2D eigenvalue weighted by Gasteiger charge is 2.42. The Hall–Kier alpha value is -4.91. The Morgan fingerprint density at radius 3 is 2.42 bits per heavy atom. The van der Waals surface area contributed by atoms with E-state index in [4.69, 9.17) is 19.5 Å². The molecule has 3 aromatic carbocycles. The van der Waals surface area contributed by atoms with Gasteiger partial charge in [-0.25, -0.2) is 14.7 Å². The van der Waals surface area contributed by atoms with E-state index >= 15 is 0 Å². The first-order valence-corrected chi connectivity index (χ1v) is 12.7.